The van der Waals surface area contributed by atoms with Gasteiger partial charge >= 0.3 is 0 Å². The Morgan fingerprint density at radius 2 is 1.71 bits per heavy atom. The van der Waals surface area contributed by atoms with E-state index in [2.05, 4.69) is 15.6 Å². The summed E-state index contributed by atoms with van der Waals surface area (Å²) in [5.74, 6) is -1.13. The van der Waals surface area contributed by atoms with E-state index in [1.807, 2.05) is 12.1 Å². The number of anilines is 2. The smallest absolute Gasteiger partial charge is 0.266 e. The van der Waals surface area contributed by atoms with Crippen LogP contribution in [0.4, 0.5) is 11.4 Å². The number of rotatable bonds is 7. The molecule has 2 N–H and O–H groups in total. The predicted molar refractivity (Wildman–Crippen MR) is 136 cm³/mol. The van der Waals surface area contributed by atoms with E-state index >= 15 is 0 Å². The van der Waals surface area contributed by atoms with Crippen LogP contribution < -0.4 is 14.9 Å². The van der Waals surface area contributed by atoms with Crippen LogP contribution in [0, 0.1) is 0 Å². The van der Waals surface area contributed by atoms with E-state index in [9.17, 15) is 18.0 Å². The number of fused-ring (bicyclic) bond motifs is 1. The van der Waals surface area contributed by atoms with Gasteiger partial charge in [0.2, 0.25) is 11.8 Å². The van der Waals surface area contributed by atoms with Crippen LogP contribution in [0.15, 0.2) is 65.8 Å². The molecule has 0 fully saturated rings. The van der Waals surface area contributed by atoms with E-state index in [1.165, 1.54) is 12.1 Å². The van der Waals surface area contributed by atoms with Crippen molar-refractivity contribution in [3.05, 3.63) is 81.6 Å². The van der Waals surface area contributed by atoms with Crippen molar-refractivity contribution < 1.29 is 18.0 Å². The first kappa shape index (κ1) is 25.2. The maximum atomic E-state index is 13.8. The molecule has 0 unspecified atom stereocenters. The number of nitrogens with one attached hydrogen (secondary N) is 2. The number of benzene rings is 2. The molecule has 4 rings (SSSR count). The third-order valence-corrected chi connectivity index (χ3v) is 8.37. The quantitative estimate of drug-likeness (QED) is 0.424. The molecule has 2 aromatic carbocycles. The largest absolute Gasteiger partial charge is 0.356 e. The molecule has 1 aliphatic heterocycles. The number of sulfonamides is 1. The maximum Gasteiger partial charge on any atom is 0.266 e. The number of carbonyl (C=O) groups is 2. The summed E-state index contributed by atoms with van der Waals surface area (Å²) < 4.78 is 28.5. The summed E-state index contributed by atoms with van der Waals surface area (Å²) in [6.07, 6.45) is 3.44. The van der Waals surface area contributed by atoms with Crippen molar-refractivity contribution >= 4 is 68.0 Å². The van der Waals surface area contributed by atoms with E-state index in [0.717, 1.165) is 15.9 Å². The van der Waals surface area contributed by atoms with Crippen molar-refractivity contribution in [2.45, 2.75) is 23.8 Å². The summed E-state index contributed by atoms with van der Waals surface area (Å²) >= 11 is 18.3. The number of hydrogen-bond donors (Lipinski definition) is 2. The molecule has 2 amide bonds. The third kappa shape index (κ3) is 5.38. The summed E-state index contributed by atoms with van der Waals surface area (Å²) in [5, 5.41) is 5.31. The fourth-order valence-electron chi connectivity index (χ4n) is 3.69. The van der Waals surface area contributed by atoms with Crippen LogP contribution in [0.25, 0.3) is 0 Å². The predicted octanol–water partition coefficient (Wildman–Crippen LogP) is 4.31. The van der Waals surface area contributed by atoms with Crippen molar-refractivity contribution in [2.75, 3.05) is 16.2 Å². The van der Waals surface area contributed by atoms with Crippen LogP contribution in [0.3, 0.4) is 0 Å². The molecule has 0 saturated heterocycles. The Balaban J connectivity index is 1.65. The van der Waals surface area contributed by atoms with Crippen LogP contribution in [0.2, 0.25) is 15.1 Å². The molecule has 8 nitrogen and oxygen atoms in total. The maximum absolute atomic E-state index is 13.8. The van der Waals surface area contributed by atoms with Crippen molar-refractivity contribution in [2.24, 2.45) is 0 Å². The molecule has 182 valence electrons. The molecular weight excluding hydrogens is 535 g/mol. The van der Waals surface area contributed by atoms with Gasteiger partial charge in [-0.05, 0) is 48.4 Å². The van der Waals surface area contributed by atoms with Crippen LogP contribution in [-0.4, -0.2) is 37.8 Å². The lowest BCUT2D eigenvalue weighted by atomic mass is 10.1. The van der Waals surface area contributed by atoms with Crippen molar-refractivity contribution in [3.63, 3.8) is 0 Å². The number of halogens is 3. The van der Waals surface area contributed by atoms with Crippen molar-refractivity contribution in [1.29, 1.82) is 0 Å². The normalized spacial score (nSPS) is 15.3. The van der Waals surface area contributed by atoms with Gasteiger partial charge < -0.3 is 10.6 Å². The van der Waals surface area contributed by atoms with Crippen LogP contribution in [0.5, 0.6) is 0 Å². The van der Waals surface area contributed by atoms with Gasteiger partial charge in [-0.3, -0.25) is 18.9 Å². The molecule has 0 bridgehead atoms. The number of nitrogens with zero attached hydrogens (tertiary/aromatic N) is 2. The molecule has 1 aliphatic rings. The Morgan fingerprint density at radius 1 is 1.03 bits per heavy atom. The van der Waals surface area contributed by atoms with Gasteiger partial charge in [0.05, 0.1) is 32.9 Å². The Bertz CT molecular complexity index is 1390. The van der Waals surface area contributed by atoms with Crippen molar-refractivity contribution in [1.82, 2.24) is 10.3 Å². The zero-order valence-corrected chi connectivity index (χ0v) is 21.1. The number of pyridine rings is 1. The number of para-hydroxylation sites is 2. The molecule has 1 atom stereocenters. The molecule has 3 aromatic rings. The molecule has 0 aliphatic carbocycles. The van der Waals surface area contributed by atoms with Gasteiger partial charge in [0.15, 0.2) is 0 Å². The highest BCUT2D eigenvalue weighted by Crippen LogP contribution is 2.40. The molecule has 35 heavy (non-hydrogen) atoms. The highest BCUT2D eigenvalue weighted by molar-refractivity contribution is 7.93. The van der Waals surface area contributed by atoms with Gasteiger partial charge in [-0.15, -0.1) is 0 Å². The molecule has 0 saturated carbocycles. The Hall–Kier alpha value is -2.85. The van der Waals surface area contributed by atoms with Crippen LogP contribution in [0.1, 0.15) is 12.0 Å². The standard InChI is InChI=1S/C23H19Cl3N4O4S/c24-15-11-17(26)21(12-16(15)25)35(33,34)30-19-4-2-1-3-18(19)29-23(32)20(30)13-22(31)28-10-7-14-5-8-27-9-6-14/h1-6,8-9,11-12,20H,7,10,13H2,(H,28,31)(H,29,32)/t20-/m1/s1. The average Bonchev–Trinajstić information content (AvgIpc) is 2.82. The first-order valence-corrected chi connectivity index (χ1v) is 13.0. The highest BCUT2D eigenvalue weighted by atomic mass is 35.5. The zero-order chi connectivity index (χ0) is 25.2. The van der Waals surface area contributed by atoms with E-state index in [0.29, 0.717) is 13.0 Å². The molecule has 12 heteroatoms. The fraction of sp³-hybridized carbons (Fsp3) is 0.174. The highest BCUT2D eigenvalue weighted by Gasteiger charge is 2.42. The summed E-state index contributed by atoms with van der Waals surface area (Å²) in [6.45, 7) is 0.305. The fourth-order valence-corrected chi connectivity index (χ4v) is 6.30. The van der Waals surface area contributed by atoms with Gasteiger partial charge in [-0.2, -0.15) is 0 Å². The Labute approximate surface area is 217 Å². The first-order chi connectivity index (χ1) is 16.7. The second kappa shape index (κ2) is 10.4. The minimum Gasteiger partial charge on any atom is -0.356 e. The summed E-state index contributed by atoms with van der Waals surface area (Å²) in [6, 6.07) is 11.0. The van der Waals surface area contributed by atoms with E-state index in [4.69, 9.17) is 34.8 Å². The molecule has 2 heterocycles. The number of hydrogen-bond acceptors (Lipinski definition) is 5. The lowest BCUT2D eigenvalue weighted by Gasteiger charge is -2.36. The van der Waals surface area contributed by atoms with Gasteiger partial charge in [-0.1, -0.05) is 46.9 Å². The van der Waals surface area contributed by atoms with Crippen LogP contribution in [-0.2, 0) is 26.0 Å². The summed E-state index contributed by atoms with van der Waals surface area (Å²) in [7, 11) is -4.43. The SMILES string of the molecule is O=C(C[C@@H]1C(=O)Nc2ccccc2N1S(=O)(=O)c1cc(Cl)c(Cl)cc1Cl)NCCc1ccncc1. The van der Waals surface area contributed by atoms with Crippen LogP contribution >= 0.6 is 34.8 Å². The molecule has 0 radical (unpaired) electrons. The number of aromatic nitrogens is 1. The van der Waals surface area contributed by atoms with E-state index in [1.54, 1.807) is 30.6 Å². The molecule has 1 aromatic heterocycles. The van der Waals surface area contributed by atoms with E-state index in [-0.39, 0.29) is 31.3 Å². The zero-order valence-electron chi connectivity index (χ0n) is 18.0. The first-order valence-electron chi connectivity index (χ1n) is 10.4. The van der Waals surface area contributed by atoms with Gasteiger partial charge in [0.1, 0.15) is 10.9 Å². The summed E-state index contributed by atoms with van der Waals surface area (Å²) in [4.78, 5) is 29.4. The molecular formula is C23H19Cl3N4O4S. The lowest BCUT2D eigenvalue weighted by molar-refractivity contribution is -0.125. The van der Waals surface area contributed by atoms with Gasteiger partial charge in [-0.25, -0.2) is 8.42 Å². The van der Waals surface area contributed by atoms with Crippen molar-refractivity contribution in [3.8, 4) is 0 Å². The number of amides is 2. The Kier molecular flexibility index (Phi) is 7.51. The second-order valence-electron chi connectivity index (χ2n) is 7.68. The monoisotopic (exact) mass is 552 g/mol. The second-order valence-corrected chi connectivity index (χ2v) is 10.7. The lowest BCUT2D eigenvalue weighted by Crippen LogP contribution is -2.52. The topological polar surface area (TPSA) is 108 Å². The van der Waals surface area contributed by atoms with Gasteiger partial charge in [0, 0.05) is 18.9 Å². The number of carbonyl (C=O) groups excluding carboxylic acids is 2. The minimum absolute atomic E-state index is 0.0187. The summed E-state index contributed by atoms with van der Waals surface area (Å²) in [5.41, 5.74) is 1.46. The minimum atomic E-state index is -4.43. The average molecular weight is 554 g/mol. The van der Waals surface area contributed by atoms with E-state index < -0.39 is 34.3 Å². The third-order valence-electron chi connectivity index (χ3n) is 5.36. The van der Waals surface area contributed by atoms with Gasteiger partial charge in [0.25, 0.3) is 10.0 Å². The Morgan fingerprint density at radius 3 is 2.46 bits per heavy atom. The molecule has 0 spiro atoms.